The molecule has 2 saturated heterocycles. The zero-order valence-corrected chi connectivity index (χ0v) is 14.9. The van der Waals surface area contributed by atoms with Crippen molar-refractivity contribution in [3.8, 4) is 0 Å². The molecule has 2 heterocycles. The van der Waals surface area contributed by atoms with E-state index in [2.05, 4.69) is 5.32 Å². The first-order chi connectivity index (χ1) is 11.9. The van der Waals surface area contributed by atoms with E-state index < -0.39 is 16.1 Å². The van der Waals surface area contributed by atoms with Gasteiger partial charge in [-0.1, -0.05) is 18.2 Å². The van der Waals surface area contributed by atoms with Gasteiger partial charge in [-0.25, -0.2) is 13.2 Å². The van der Waals surface area contributed by atoms with E-state index in [-0.39, 0.29) is 16.8 Å². The third-order valence-corrected chi connectivity index (χ3v) is 6.60. The van der Waals surface area contributed by atoms with Crippen LogP contribution in [0.15, 0.2) is 35.2 Å². The van der Waals surface area contributed by atoms with Gasteiger partial charge >= 0.3 is 6.03 Å². The van der Waals surface area contributed by atoms with E-state index in [1.165, 1.54) is 9.21 Å². The number of hydrogen-bond acceptors (Lipinski definition) is 5. The van der Waals surface area contributed by atoms with Crippen molar-refractivity contribution in [2.45, 2.75) is 17.9 Å². The number of benzene rings is 1. The van der Waals surface area contributed by atoms with Gasteiger partial charge in [-0.15, -0.1) is 0 Å². The molecule has 0 aromatic heterocycles. The Morgan fingerprint density at radius 2 is 1.72 bits per heavy atom. The van der Waals surface area contributed by atoms with Crippen LogP contribution in [0, 0.1) is 0 Å². The molecule has 2 aliphatic rings. The highest BCUT2D eigenvalue weighted by Gasteiger charge is 2.35. The quantitative estimate of drug-likeness (QED) is 0.806. The molecule has 0 radical (unpaired) electrons. The van der Waals surface area contributed by atoms with Crippen LogP contribution < -0.4 is 5.32 Å². The normalized spacial score (nSPS) is 21.2. The van der Waals surface area contributed by atoms with Gasteiger partial charge in [0.2, 0.25) is 15.9 Å². The van der Waals surface area contributed by atoms with Crippen molar-refractivity contribution in [2.24, 2.45) is 0 Å². The van der Waals surface area contributed by atoms with E-state index in [0.29, 0.717) is 39.3 Å². The molecule has 0 spiro atoms. The zero-order valence-electron chi connectivity index (χ0n) is 14.1. The molecule has 1 aromatic rings. The smallest absolute Gasteiger partial charge is 0.324 e. The van der Waals surface area contributed by atoms with Gasteiger partial charge in [-0.3, -0.25) is 14.6 Å². The Morgan fingerprint density at radius 3 is 2.28 bits per heavy atom. The predicted molar refractivity (Wildman–Crippen MR) is 91.3 cm³/mol. The molecule has 3 rings (SSSR count). The minimum absolute atomic E-state index is 0.241. The molecular weight excluding hydrogens is 344 g/mol. The summed E-state index contributed by atoms with van der Waals surface area (Å²) in [5.74, 6) is -0.241. The number of carbonyl (C=O) groups excluding carboxylic acids is 2. The van der Waals surface area contributed by atoms with E-state index >= 15 is 0 Å². The average molecular weight is 366 g/mol. The maximum atomic E-state index is 12.6. The third-order valence-electron chi connectivity index (χ3n) is 4.68. The lowest BCUT2D eigenvalue weighted by Crippen LogP contribution is -2.55. The average Bonchev–Trinajstić information content (AvgIpc) is 3.07. The molecule has 1 aromatic carbocycles. The molecule has 0 aliphatic carbocycles. The molecule has 25 heavy (non-hydrogen) atoms. The highest BCUT2D eigenvalue weighted by molar-refractivity contribution is 7.89. The lowest BCUT2D eigenvalue weighted by atomic mass is 10.2. The number of urea groups is 1. The van der Waals surface area contributed by atoms with Crippen molar-refractivity contribution in [1.82, 2.24) is 19.4 Å². The van der Waals surface area contributed by atoms with Crippen LogP contribution in [0.4, 0.5) is 4.79 Å². The Morgan fingerprint density at radius 1 is 1.08 bits per heavy atom. The lowest BCUT2D eigenvalue weighted by molar-refractivity contribution is -0.133. The van der Waals surface area contributed by atoms with Crippen molar-refractivity contribution < 1.29 is 18.0 Å². The molecular formula is C16H22N4O4S. The summed E-state index contributed by atoms with van der Waals surface area (Å²) < 4.78 is 26.7. The fourth-order valence-electron chi connectivity index (χ4n) is 3.14. The molecule has 0 saturated carbocycles. The van der Waals surface area contributed by atoms with Crippen LogP contribution in [0.3, 0.4) is 0 Å². The summed E-state index contributed by atoms with van der Waals surface area (Å²) in [6, 6.07) is 7.53. The van der Waals surface area contributed by atoms with Gasteiger partial charge in [-0.2, -0.15) is 4.31 Å². The van der Waals surface area contributed by atoms with Crippen molar-refractivity contribution in [1.29, 1.82) is 0 Å². The highest BCUT2D eigenvalue weighted by atomic mass is 32.2. The van der Waals surface area contributed by atoms with E-state index in [1.54, 1.807) is 37.3 Å². The van der Waals surface area contributed by atoms with Crippen molar-refractivity contribution in [3.05, 3.63) is 30.3 Å². The predicted octanol–water partition coefficient (Wildman–Crippen LogP) is -0.0668. The first-order valence-electron chi connectivity index (χ1n) is 8.30. The van der Waals surface area contributed by atoms with Crippen LogP contribution in [-0.2, 0) is 14.8 Å². The highest BCUT2D eigenvalue weighted by Crippen LogP contribution is 2.18. The van der Waals surface area contributed by atoms with Gasteiger partial charge in [-0.05, 0) is 19.1 Å². The molecule has 2 fully saturated rings. The first-order valence-corrected chi connectivity index (χ1v) is 9.74. The number of hydrogen-bond donors (Lipinski definition) is 1. The van der Waals surface area contributed by atoms with Gasteiger partial charge in [0.05, 0.1) is 10.9 Å². The second-order valence-corrected chi connectivity index (χ2v) is 8.09. The Hall–Kier alpha value is -1.97. The molecule has 1 atom stereocenters. The summed E-state index contributed by atoms with van der Waals surface area (Å²) in [4.78, 5) is 27.5. The van der Waals surface area contributed by atoms with Crippen molar-refractivity contribution in [3.63, 3.8) is 0 Å². The minimum Gasteiger partial charge on any atom is -0.336 e. The Bertz CT molecular complexity index is 745. The Labute approximate surface area is 147 Å². The van der Waals surface area contributed by atoms with Crippen molar-refractivity contribution >= 4 is 22.0 Å². The van der Waals surface area contributed by atoms with Crippen LogP contribution in [0.2, 0.25) is 0 Å². The molecule has 0 bridgehead atoms. The number of sulfonamides is 1. The fraction of sp³-hybridized carbons (Fsp3) is 0.500. The number of piperazine rings is 1. The summed E-state index contributed by atoms with van der Waals surface area (Å²) in [6.45, 7) is 4.16. The molecule has 9 heteroatoms. The van der Waals surface area contributed by atoms with Gasteiger partial charge in [0.1, 0.15) is 0 Å². The van der Waals surface area contributed by atoms with Gasteiger partial charge < -0.3 is 5.32 Å². The van der Waals surface area contributed by atoms with Crippen LogP contribution in [0.25, 0.3) is 0 Å². The largest absolute Gasteiger partial charge is 0.336 e. The molecule has 2 aliphatic heterocycles. The molecule has 1 N–H and O–H groups in total. The number of nitrogens with zero attached hydrogens (tertiary/aromatic N) is 3. The topological polar surface area (TPSA) is 90.0 Å². The second-order valence-electron chi connectivity index (χ2n) is 6.15. The monoisotopic (exact) mass is 366 g/mol. The third kappa shape index (κ3) is 3.53. The fourth-order valence-corrected chi connectivity index (χ4v) is 4.58. The van der Waals surface area contributed by atoms with Crippen LogP contribution in [-0.4, -0.2) is 79.8 Å². The van der Waals surface area contributed by atoms with E-state index in [1.807, 2.05) is 4.90 Å². The summed E-state index contributed by atoms with van der Waals surface area (Å²) in [5.41, 5.74) is 0. The second kappa shape index (κ2) is 7.11. The van der Waals surface area contributed by atoms with E-state index in [4.69, 9.17) is 0 Å². The van der Waals surface area contributed by atoms with Gasteiger partial charge in [0.25, 0.3) is 0 Å². The Kier molecular flexibility index (Phi) is 5.07. The van der Waals surface area contributed by atoms with E-state index in [9.17, 15) is 18.0 Å². The molecule has 0 unspecified atom stereocenters. The number of imide groups is 1. The van der Waals surface area contributed by atoms with Gasteiger partial charge in [0.15, 0.2) is 0 Å². The number of nitrogens with one attached hydrogen (secondary N) is 1. The summed E-state index contributed by atoms with van der Waals surface area (Å²) >= 11 is 0. The van der Waals surface area contributed by atoms with Crippen molar-refractivity contribution in [2.75, 3.05) is 39.3 Å². The van der Waals surface area contributed by atoms with Crippen LogP contribution in [0.1, 0.15) is 6.92 Å². The number of amides is 3. The van der Waals surface area contributed by atoms with E-state index in [0.717, 1.165) is 0 Å². The standard InChI is InChI=1S/C16H22N4O4S/c1-13(15(21)20-8-7-17-16(20)22)18-9-11-19(12-10-18)25(23,24)14-5-3-2-4-6-14/h2-6,13H,7-12H2,1H3,(H,17,22)/t13-/m1/s1. The van der Waals surface area contributed by atoms with Crippen LogP contribution in [0.5, 0.6) is 0 Å². The number of rotatable bonds is 4. The molecule has 136 valence electrons. The SMILES string of the molecule is C[C@H](C(=O)N1CCNC1=O)N1CCN(S(=O)(=O)c2ccccc2)CC1. The molecule has 3 amide bonds. The first kappa shape index (κ1) is 17.8. The summed E-state index contributed by atoms with van der Waals surface area (Å²) in [6.07, 6.45) is 0. The maximum absolute atomic E-state index is 12.6. The zero-order chi connectivity index (χ0) is 18.0. The maximum Gasteiger partial charge on any atom is 0.324 e. The molecule has 8 nitrogen and oxygen atoms in total. The lowest BCUT2D eigenvalue weighted by Gasteiger charge is -2.37. The Balaban J connectivity index is 1.62. The van der Waals surface area contributed by atoms with Crippen LogP contribution >= 0.6 is 0 Å². The summed E-state index contributed by atoms with van der Waals surface area (Å²) in [5, 5.41) is 2.61. The summed E-state index contributed by atoms with van der Waals surface area (Å²) in [7, 11) is -3.51. The van der Waals surface area contributed by atoms with Gasteiger partial charge in [0, 0.05) is 39.3 Å². The minimum atomic E-state index is -3.51. The number of carbonyl (C=O) groups is 2.